The van der Waals surface area contributed by atoms with Crippen LogP contribution in [0.25, 0.3) is 0 Å². The Hall–Kier alpha value is -0.690. The van der Waals surface area contributed by atoms with Crippen LogP contribution in [0.3, 0.4) is 0 Å². The van der Waals surface area contributed by atoms with Crippen LogP contribution in [0.1, 0.15) is 97.3 Å². The van der Waals surface area contributed by atoms with Crippen molar-refractivity contribution < 1.29 is 29.2 Å². The number of esters is 1. The van der Waals surface area contributed by atoms with Crippen LogP contribution in [0.4, 0.5) is 0 Å². The third-order valence-electron chi connectivity index (χ3n) is 6.25. The van der Waals surface area contributed by atoms with E-state index in [1.54, 1.807) is 0 Å². The van der Waals surface area contributed by atoms with Crippen molar-refractivity contribution in [3.05, 3.63) is 0 Å². The van der Waals surface area contributed by atoms with E-state index >= 15 is 0 Å². The lowest BCUT2D eigenvalue weighted by molar-refractivity contribution is -0.149. The summed E-state index contributed by atoms with van der Waals surface area (Å²) in [5.74, 6) is -0.397. The molecule has 0 unspecified atom stereocenters. The highest BCUT2D eigenvalue weighted by Gasteiger charge is 2.40. The zero-order valence-corrected chi connectivity index (χ0v) is 18.4. The number of ether oxygens (including phenoxy) is 3. The van der Waals surface area contributed by atoms with Crippen LogP contribution in [0.5, 0.6) is 0 Å². The number of aliphatic hydroxyl groups is 2. The van der Waals surface area contributed by atoms with Gasteiger partial charge in [0.15, 0.2) is 0 Å². The largest absolute Gasteiger partial charge is 0.463 e. The van der Waals surface area contributed by atoms with Crippen LogP contribution in [0.15, 0.2) is 0 Å². The molecule has 0 spiro atoms. The first-order valence-corrected chi connectivity index (χ1v) is 11.8. The van der Waals surface area contributed by atoms with E-state index in [4.69, 9.17) is 14.2 Å². The monoisotopic (exact) mass is 414 g/mol. The van der Waals surface area contributed by atoms with Crippen molar-refractivity contribution in [2.75, 3.05) is 6.61 Å². The van der Waals surface area contributed by atoms with Crippen molar-refractivity contribution in [3.63, 3.8) is 0 Å². The summed E-state index contributed by atoms with van der Waals surface area (Å²) in [6.45, 7) is 3.54. The lowest BCUT2D eigenvalue weighted by atomic mass is 10.0. The summed E-state index contributed by atoms with van der Waals surface area (Å²) in [5, 5.41) is 20.6. The van der Waals surface area contributed by atoms with Gasteiger partial charge >= 0.3 is 5.97 Å². The Morgan fingerprint density at radius 1 is 0.862 bits per heavy atom. The Balaban J connectivity index is 1.57. The van der Waals surface area contributed by atoms with Gasteiger partial charge < -0.3 is 24.4 Å². The van der Waals surface area contributed by atoms with Crippen LogP contribution in [0, 0.1) is 0 Å². The van der Waals surface area contributed by atoms with Gasteiger partial charge in [-0.2, -0.15) is 0 Å². The summed E-state index contributed by atoms with van der Waals surface area (Å²) in [6, 6.07) is 0. The SMILES string of the molecule is CCCCCCCCCC[C@@H](O)[C@H]1CC[C@@H]([C@@H]2CC[C@H]([C@@H](O)COC(C)=O)O2)O1. The Morgan fingerprint density at radius 2 is 1.38 bits per heavy atom. The van der Waals surface area contributed by atoms with E-state index in [9.17, 15) is 15.0 Å². The van der Waals surface area contributed by atoms with Crippen LogP contribution in [-0.2, 0) is 19.0 Å². The number of carbonyl (C=O) groups is 1. The van der Waals surface area contributed by atoms with Gasteiger partial charge in [0.05, 0.1) is 30.5 Å². The number of hydrogen-bond acceptors (Lipinski definition) is 6. The standard InChI is InChI=1S/C23H42O6/c1-3-4-5-6-7-8-9-10-11-18(25)20-12-14-22(28-20)23-15-13-21(29-23)19(26)16-27-17(2)24/h18-23,25-26H,3-16H2,1-2H3/t18-,19+,20-,21-,22+,23+/m1/s1. The Labute approximate surface area is 176 Å². The molecule has 170 valence electrons. The zero-order valence-electron chi connectivity index (χ0n) is 18.4. The molecule has 6 nitrogen and oxygen atoms in total. The minimum absolute atomic E-state index is 0.0147. The first-order chi connectivity index (χ1) is 14.0. The topological polar surface area (TPSA) is 85.2 Å². The van der Waals surface area contributed by atoms with Crippen LogP contribution >= 0.6 is 0 Å². The maximum Gasteiger partial charge on any atom is 0.302 e. The first kappa shape index (κ1) is 24.6. The average Bonchev–Trinajstić information content (AvgIpc) is 3.37. The fraction of sp³-hybridized carbons (Fsp3) is 0.957. The molecule has 0 aliphatic carbocycles. The van der Waals surface area contributed by atoms with Gasteiger partial charge in [-0.3, -0.25) is 4.79 Å². The van der Waals surface area contributed by atoms with E-state index < -0.39 is 18.2 Å². The second-order valence-electron chi connectivity index (χ2n) is 8.78. The molecule has 29 heavy (non-hydrogen) atoms. The molecule has 0 radical (unpaired) electrons. The minimum atomic E-state index is -0.798. The number of hydrogen-bond donors (Lipinski definition) is 2. The summed E-state index contributed by atoms with van der Waals surface area (Å²) in [5.41, 5.74) is 0. The van der Waals surface area contributed by atoms with Gasteiger partial charge in [-0.25, -0.2) is 0 Å². The molecule has 0 amide bonds. The van der Waals surface area contributed by atoms with Crippen molar-refractivity contribution in [1.29, 1.82) is 0 Å². The van der Waals surface area contributed by atoms with E-state index in [2.05, 4.69) is 6.92 Å². The van der Waals surface area contributed by atoms with E-state index in [-0.39, 0.29) is 31.0 Å². The Morgan fingerprint density at radius 3 is 1.93 bits per heavy atom. The van der Waals surface area contributed by atoms with E-state index in [0.29, 0.717) is 0 Å². The third-order valence-corrected chi connectivity index (χ3v) is 6.25. The summed E-state index contributed by atoms with van der Waals surface area (Å²) < 4.78 is 17.0. The molecule has 6 atom stereocenters. The predicted molar refractivity (Wildman–Crippen MR) is 112 cm³/mol. The molecule has 6 heteroatoms. The lowest BCUT2D eigenvalue weighted by Crippen LogP contribution is -2.35. The maximum absolute atomic E-state index is 10.9. The fourth-order valence-corrected chi connectivity index (χ4v) is 4.47. The summed E-state index contributed by atoms with van der Waals surface area (Å²) >= 11 is 0. The maximum atomic E-state index is 10.9. The summed E-state index contributed by atoms with van der Waals surface area (Å²) in [7, 11) is 0. The highest BCUT2D eigenvalue weighted by Crippen LogP contribution is 2.34. The molecular weight excluding hydrogens is 372 g/mol. The van der Waals surface area contributed by atoms with Gasteiger partial charge in [0, 0.05) is 6.92 Å². The van der Waals surface area contributed by atoms with Crippen molar-refractivity contribution in [3.8, 4) is 0 Å². The van der Waals surface area contributed by atoms with Crippen LogP contribution < -0.4 is 0 Å². The molecule has 2 N–H and O–H groups in total. The number of aliphatic hydroxyl groups excluding tert-OH is 2. The zero-order chi connectivity index (χ0) is 21.1. The summed E-state index contributed by atoms with van der Waals surface area (Å²) in [6.07, 6.45) is 12.6. The predicted octanol–water partition coefficient (Wildman–Crippen LogP) is 3.90. The molecule has 0 aromatic heterocycles. The normalized spacial score (nSPS) is 29.1. The van der Waals surface area contributed by atoms with Crippen LogP contribution in [0.2, 0.25) is 0 Å². The number of rotatable bonds is 14. The molecule has 2 aliphatic heterocycles. The van der Waals surface area contributed by atoms with Crippen molar-refractivity contribution in [1.82, 2.24) is 0 Å². The van der Waals surface area contributed by atoms with Gasteiger partial charge in [-0.15, -0.1) is 0 Å². The number of unbranched alkanes of at least 4 members (excludes halogenated alkanes) is 7. The Bertz CT molecular complexity index is 457. The van der Waals surface area contributed by atoms with Gasteiger partial charge in [0.1, 0.15) is 12.7 Å². The first-order valence-electron chi connectivity index (χ1n) is 11.8. The smallest absolute Gasteiger partial charge is 0.302 e. The number of carbonyl (C=O) groups excluding carboxylic acids is 1. The highest BCUT2D eigenvalue weighted by molar-refractivity contribution is 5.65. The molecular formula is C23H42O6. The molecule has 2 aliphatic rings. The van der Waals surface area contributed by atoms with E-state index in [1.165, 1.54) is 51.9 Å². The van der Waals surface area contributed by atoms with Gasteiger partial charge in [0.25, 0.3) is 0 Å². The van der Waals surface area contributed by atoms with E-state index in [0.717, 1.165) is 38.5 Å². The quantitative estimate of drug-likeness (QED) is 0.331. The summed E-state index contributed by atoms with van der Waals surface area (Å²) in [4.78, 5) is 10.9. The molecule has 0 aromatic carbocycles. The molecule has 2 fully saturated rings. The fourth-order valence-electron chi connectivity index (χ4n) is 4.47. The third kappa shape index (κ3) is 8.91. The van der Waals surface area contributed by atoms with Gasteiger partial charge in [0.2, 0.25) is 0 Å². The van der Waals surface area contributed by atoms with Gasteiger partial charge in [-0.1, -0.05) is 58.3 Å². The molecule has 0 aromatic rings. The second kappa shape index (κ2) is 13.6. The molecule has 0 bridgehead atoms. The molecule has 2 heterocycles. The van der Waals surface area contributed by atoms with Gasteiger partial charge in [-0.05, 0) is 32.1 Å². The lowest BCUT2D eigenvalue weighted by Gasteiger charge is -2.24. The molecule has 0 saturated carbocycles. The van der Waals surface area contributed by atoms with Crippen LogP contribution in [-0.4, -0.2) is 59.4 Å². The van der Waals surface area contributed by atoms with Crippen molar-refractivity contribution in [2.45, 2.75) is 134 Å². The Kier molecular flexibility index (Phi) is 11.5. The molecule has 2 rings (SSSR count). The molecule has 2 saturated heterocycles. The van der Waals surface area contributed by atoms with Crippen molar-refractivity contribution in [2.24, 2.45) is 0 Å². The minimum Gasteiger partial charge on any atom is -0.463 e. The average molecular weight is 415 g/mol. The van der Waals surface area contributed by atoms with Crippen molar-refractivity contribution >= 4 is 5.97 Å². The highest BCUT2D eigenvalue weighted by atomic mass is 16.6. The second-order valence-corrected chi connectivity index (χ2v) is 8.78. The van der Waals surface area contributed by atoms with E-state index in [1.807, 2.05) is 0 Å².